The Kier molecular flexibility index (Phi) is 7.07. The molecule has 6 nitrogen and oxygen atoms in total. The van der Waals surface area contributed by atoms with Crippen molar-refractivity contribution in [2.75, 3.05) is 12.1 Å². The van der Waals surface area contributed by atoms with Gasteiger partial charge in [-0.15, -0.1) is 0 Å². The minimum atomic E-state index is -0.495. The first kappa shape index (κ1) is 23.4. The van der Waals surface area contributed by atoms with Gasteiger partial charge in [-0.2, -0.15) is 0 Å². The van der Waals surface area contributed by atoms with Crippen LogP contribution in [0.1, 0.15) is 11.1 Å². The van der Waals surface area contributed by atoms with Crippen LogP contribution in [0.5, 0.6) is 11.5 Å². The molecule has 1 N–H and O–H groups in total. The number of para-hydroxylation sites is 1. The minimum Gasteiger partial charge on any atom is -0.493 e. The Morgan fingerprint density at radius 1 is 1.03 bits per heavy atom. The molecule has 1 aliphatic heterocycles. The van der Waals surface area contributed by atoms with Crippen LogP contribution in [-0.4, -0.2) is 18.9 Å². The van der Waals surface area contributed by atoms with Gasteiger partial charge < -0.3 is 9.47 Å². The lowest BCUT2D eigenvalue weighted by molar-refractivity contribution is -0.117. The lowest BCUT2D eigenvalue weighted by Gasteiger charge is -2.16. The highest BCUT2D eigenvalue weighted by atomic mass is 79.9. The molecule has 1 fully saturated rings. The number of halogens is 3. The number of hydrogen-bond donors (Lipinski definition) is 1. The number of amides is 2. The summed E-state index contributed by atoms with van der Waals surface area (Å²) in [5, 5.41) is 1.82. The molecular formula is C24H17Br2ClN2O4. The molecule has 3 aromatic rings. The van der Waals surface area contributed by atoms with Crippen LogP contribution < -0.4 is 19.9 Å². The van der Waals surface area contributed by atoms with E-state index in [4.69, 9.17) is 21.1 Å². The molecule has 0 aliphatic carbocycles. The van der Waals surface area contributed by atoms with E-state index in [2.05, 4.69) is 37.3 Å². The van der Waals surface area contributed by atoms with Crippen molar-refractivity contribution in [3.63, 3.8) is 0 Å². The molecular weight excluding hydrogens is 576 g/mol. The SMILES string of the molecule is COc1cc(/C=C2/C(=O)NN(c3ccccc3)C2=O)c(Br)c(Br)c1OCc1ccccc1Cl. The van der Waals surface area contributed by atoms with E-state index < -0.39 is 11.8 Å². The van der Waals surface area contributed by atoms with Crippen LogP contribution in [-0.2, 0) is 16.2 Å². The maximum Gasteiger partial charge on any atom is 0.282 e. The van der Waals surface area contributed by atoms with E-state index in [9.17, 15) is 9.59 Å². The summed E-state index contributed by atoms with van der Waals surface area (Å²) >= 11 is 13.3. The summed E-state index contributed by atoms with van der Waals surface area (Å²) in [5.41, 5.74) is 4.55. The zero-order chi connectivity index (χ0) is 23.5. The molecule has 168 valence electrons. The molecule has 0 aromatic heterocycles. The smallest absolute Gasteiger partial charge is 0.282 e. The molecule has 0 unspecified atom stereocenters. The molecule has 2 amide bonds. The number of carbonyl (C=O) groups excluding carboxylic acids is 2. The summed E-state index contributed by atoms with van der Waals surface area (Å²) < 4.78 is 12.7. The van der Waals surface area contributed by atoms with Gasteiger partial charge in [0.25, 0.3) is 11.8 Å². The highest BCUT2D eigenvalue weighted by Crippen LogP contribution is 2.44. The standard InChI is InChI=1S/C24H17Br2ClN2O4/c1-32-19-12-15(11-17-23(30)28-29(24(17)31)16-8-3-2-4-9-16)20(25)21(26)22(19)33-13-14-7-5-6-10-18(14)27/h2-12H,13H2,1H3,(H,28,30)/b17-11-. The van der Waals surface area contributed by atoms with E-state index in [0.29, 0.717) is 36.7 Å². The van der Waals surface area contributed by atoms with Gasteiger partial charge in [-0.05, 0) is 67.8 Å². The molecule has 0 saturated carbocycles. The summed E-state index contributed by atoms with van der Waals surface area (Å²) in [7, 11) is 1.51. The van der Waals surface area contributed by atoms with Crippen LogP contribution >= 0.6 is 43.5 Å². The number of hydrazine groups is 1. The quantitative estimate of drug-likeness (QED) is 0.285. The van der Waals surface area contributed by atoms with Crippen LogP contribution in [0, 0.1) is 0 Å². The fraction of sp³-hybridized carbons (Fsp3) is 0.0833. The number of benzene rings is 3. The van der Waals surface area contributed by atoms with Gasteiger partial charge in [0.05, 0.1) is 17.3 Å². The molecule has 3 aromatic carbocycles. The molecule has 1 aliphatic rings. The topological polar surface area (TPSA) is 67.9 Å². The monoisotopic (exact) mass is 590 g/mol. The first-order chi connectivity index (χ1) is 15.9. The second-order valence-electron chi connectivity index (χ2n) is 6.98. The van der Waals surface area contributed by atoms with Crippen molar-refractivity contribution in [1.29, 1.82) is 0 Å². The van der Waals surface area contributed by atoms with Crippen LogP contribution in [0.3, 0.4) is 0 Å². The molecule has 0 atom stereocenters. The lowest BCUT2D eigenvalue weighted by atomic mass is 10.1. The minimum absolute atomic E-state index is 0.00163. The van der Waals surface area contributed by atoms with Gasteiger partial charge in [0.1, 0.15) is 12.2 Å². The Bertz CT molecular complexity index is 1260. The number of nitrogens with one attached hydrogen (secondary N) is 1. The predicted octanol–water partition coefficient (Wildman–Crippen LogP) is 5.91. The number of carbonyl (C=O) groups is 2. The zero-order valence-corrected chi connectivity index (χ0v) is 21.2. The van der Waals surface area contributed by atoms with Gasteiger partial charge >= 0.3 is 0 Å². The molecule has 33 heavy (non-hydrogen) atoms. The molecule has 0 radical (unpaired) electrons. The van der Waals surface area contributed by atoms with E-state index in [1.165, 1.54) is 18.2 Å². The first-order valence-corrected chi connectivity index (χ1v) is 11.7. The third kappa shape index (κ3) is 4.78. The molecule has 1 heterocycles. The maximum atomic E-state index is 12.9. The third-order valence-corrected chi connectivity index (χ3v) is 7.42. The molecule has 0 spiro atoms. The van der Waals surface area contributed by atoms with Crippen molar-refractivity contribution in [2.45, 2.75) is 6.61 Å². The number of hydrogen-bond acceptors (Lipinski definition) is 4. The average molecular weight is 593 g/mol. The van der Waals surface area contributed by atoms with Gasteiger partial charge in [0, 0.05) is 15.1 Å². The Balaban J connectivity index is 1.65. The van der Waals surface area contributed by atoms with E-state index >= 15 is 0 Å². The summed E-state index contributed by atoms with van der Waals surface area (Å²) in [6.07, 6.45) is 1.51. The average Bonchev–Trinajstić information content (AvgIpc) is 3.11. The van der Waals surface area contributed by atoms with E-state index in [-0.39, 0.29) is 12.2 Å². The van der Waals surface area contributed by atoms with Crippen LogP contribution in [0.15, 0.2) is 75.2 Å². The van der Waals surface area contributed by atoms with Gasteiger partial charge in [-0.3, -0.25) is 15.0 Å². The van der Waals surface area contributed by atoms with Crippen molar-refractivity contribution >= 4 is 67.0 Å². The van der Waals surface area contributed by atoms with Crippen LogP contribution in [0.2, 0.25) is 5.02 Å². The van der Waals surface area contributed by atoms with Gasteiger partial charge in [0.15, 0.2) is 11.5 Å². The summed E-state index contributed by atoms with van der Waals surface area (Å²) in [6.45, 7) is 0.231. The number of nitrogens with zero attached hydrogens (tertiary/aromatic N) is 1. The molecule has 0 bridgehead atoms. The van der Waals surface area contributed by atoms with Crippen molar-refractivity contribution in [3.05, 3.63) is 91.3 Å². The fourth-order valence-electron chi connectivity index (χ4n) is 3.23. The Morgan fingerprint density at radius 2 is 1.73 bits per heavy atom. The van der Waals surface area contributed by atoms with Crippen molar-refractivity contribution in [3.8, 4) is 11.5 Å². The normalized spacial score (nSPS) is 14.5. The number of rotatable bonds is 6. The van der Waals surface area contributed by atoms with Gasteiger partial charge in [-0.25, -0.2) is 5.01 Å². The van der Waals surface area contributed by atoms with Crippen molar-refractivity contribution in [2.24, 2.45) is 0 Å². The molecule has 1 saturated heterocycles. The second kappa shape index (κ2) is 9.99. The Morgan fingerprint density at radius 3 is 2.42 bits per heavy atom. The lowest BCUT2D eigenvalue weighted by Crippen LogP contribution is -2.35. The van der Waals surface area contributed by atoms with Gasteiger partial charge in [-0.1, -0.05) is 48.0 Å². The van der Waals surface area contributed by atoms with E-state index in [1.54, 1.807) is 36.4 Å². The summed E-state index contributed by atoms with van der Waals surface area (Å²) in [5.74, 6) is -0.0635. The number of methoxy groups -OCH3 is 1. The zero-order valence-electron chi connectivity index (χ0n) is 17.3. The van der Waals surface area contributed by atoms with Crippen molar-refractivity contribution in [1.82, 2.24) is 5.43 Å². The Hall–Kier alpha value is -2.81. The van der Waals surface area contributed by atoms with Crippen LogP contribution in [0.4, 0.5) is 5.69 Å². The highest BCUT2D eigenvalue weighted by Gasteiger charge is 2.34. The molecule has 9 heteroatoms. The first-order valence-electron chi connectivity index (χ1n) is 9.75. The molecule has 4 rings (SSSR count). The second-order valence-corrected chi connectivity index (χ2v) is 8.97. The van der Waals surface area contributed by atoms with E-state index in [1.807, 2.05) is 24.3 Å². The third-order valence-electron chi connectivity index (χ3n) is 4.91. The van der Waals surface area contributed by atoms with Crippen molar-refractivity contribution < 1.29 is 19.1 Å². The summed E-state index contributed by atoms with van der Waals surface area (Å²) in [4.78, 5) is 25.5. The number of anilines is 1. The Labute approximate surface area is 212 Å². The maximum absolute atomic E-state index is 12.9. The largest absolute Gasteiger partial charge is 0.493 e. The fourth-order valence-corrected chi connectivity index (χ4v) is 4.37. The van der Waals surface area contributed by atoms with Gasteiger partial charge in [0.2, 0.25) is 0 Å². The summed E-state index contributed by atoms with van der Waals surface area (Å²) in [6, 6.07) is 18.0. The number of ether oxygens (including phenoxy) is 2. The van der Waals surface area contributed by atoms with Crippen LogP contribution in [0.25, 0.3) is 6.08 Å². The predicted molar refractivity (Wildman–Crippen MR) is 134 cm³/mol. The highest BCUT2D eigenvalue weighted by molar-refractivity contribution is 9.13. The van der Waals surface area contributed by atoms with E-state index in [0.717, 1.165) is 5.56 Å².